The molecule has 0 aliphatic rings. The number of alkyl halides is 6. The normalized spacial score (nSPS) is 14.3. The molecule has 0 aliphatic heterocycles. The Kier molecular flexibility index (Phi) is 10.5. The second-order valence-corrected chi connectivity index (χ2v) is 10.1. The molecule has 0 aromatic heterocycles. The molecule has 35 heavy (non-hydrogen) atoms. The zero-order valence-corrected chi connectivity index (χ0v) is 21.5. The Bertz CT molecular complexity index is 1070. The number of amides is 1. The van der Waals surface area contributed by atoms with Crippen molar-refractivity contribution in [1.82, 2.24) is 5.32 Å². The van der Waals surface area contributed by atoms with Crippen molar-refractivity contribution < 1.29 is 31.1 Å². The molecule has 0 fully saturated rings. The maximum Gasteiger partial charge on any atom is 0.399 e. The van der Waals surface area contributed by atoms with E-state index < -0.39 is 36.0 Å². The molecule has 0 saturated carbocycles. The molecule has 0 radical (unpaired) electrons. The van der Waals surface area contributed by atoms with E-state index in [0.717, 1.165) is 18.2 Å². The number of thioether (sulfide) groups is 1. The largest absolute Gasteiger partial charge is 0.399 e. The minimum absolute atomic E-state index is 0.0279. The van der Waals surface area contributed by atoms with Crippen LogP contribution in [0, 0.1) is 0 Å². The number of carbonyl (C=O) groups is 1. The van der Waals surface area contributed by atoms with Gasteiger partial charge in [-0.05, 0) is 42.3 Å². The smallest absolute Gasteiger partial charge is 0.349 e. The van der Waals surface area contributed by atoms with Crippen LogP contribution < -0.4 is 5.32 Å². The fourth-order valence-electron chi connectivity index (χ4n) is 2.89. The van der Waals surface area contributed by atoms with Gasteiger partial charge in [0.15, 0.2) is 0 Å². The van der Waals surface area contributed by atoms with Gasteiger partial charge in [0.05, 0.1) is 37.3 Å². The van der Waals surface area contributed by atoms with Crippen molar-refractivity contribution >= 4 is 70.1 Å². The zero-order chi connectivity index (χ0) is 26.6. The van der Waals surface area contributed by atoms with Crippen molar-refractivity contribution in [3.05, 3.63) is 73.2 Å². The van der Waals surface area contributed by atoms with Crippen LogP contribution in [-0.4, -0.2) is 35.8 Å². The van der Waals surface area contributed by atoms with E-state index >= 15 is 0 Å². The summed E-state index contributed by atoms with van der Waals surface area (Å²) in [6.45, 7) is 1.54. The highest BCUT2D eigenvalue weighted by molar-refractivity contribution is 7.99. The molecule has 2 atom stereocenters. The van der Waals surface area contributed by atoms with Gasteiger partial charge in [0.25, 0.3) is 5.91 Å². The SMILES string of the molecule is CC(CSCC(F)(F)F)NC(=O)c1ccc(/C=C/C(c2cc(Cl)c(Cl)c(Cl)c2)C(F)(F)F)cc1Cl. The van der Waals surface area contributed by atoms with Gasteiger partial charge >= 0.3 is 12.4 Å². The molecular weight excluding hydrogens is 582 g/mol. The number of hydrogen-bond acceptors (Lipinski definition) is 2. The van der Waals surface area contributed by atoms with Crippen LogP contribution in [0.5, 0.6) is 0 Å². The molecule has 2 aromatic carbocycles. The van der Waals surface area contributed by atoms with Gasteiger partial charge in [-0.3, -0.25) is 4.79 Å². The average molecular weight is 599 g/mol. The Morgan fingerprint density at radius 1 is 1.00 bits per heavy atom. The monoisotopic (exact) mass is 597 g/mol. The van der Waals surface area contributed by atoms with Gasteiger partial charge in [-0.25, -0.2) is 0 Å². The quantitative estimate of drug-likeness (QED) is 0.242. The summed E-state index contributed by atoms with van der Waals surface area (Å²) in [5.41, 5.74) is 0.0912. The highest BCUT2D eigenvalue weighted by Gasteiger charge is 2.39. The molecule has 13 heteroatoms. The van der Waals surface area contributed by atoms with E-state index in [-0.39, 0.29) is 42.5 Å². The van der Waals surface area contributed by atoms with Crippen LogP contribution in [0.3, 0.4) is 0 Å². The van der Waals surface area contributed by atoms with Crippen LogP contribution in [0.15, 0.2) is 36.4 Å². The highest BCUT2D eigenvalue weighted by Crippen LogP contribution is 2.41. The van der Waals surface area contributed by atoms with Gasteiger partial charge in [0, 0.05) is 11.8 Å². The number of nitrogens with one attached hydrogen (secondary N) is 1. The first-order valence-electron chi connectivity index (χ1n) is 9.72. The molecule has 0 saturated heterocycles. The fraction of sp³-hybridized carbons (Fsp3) is 0.318. The topological polar surface area (TPSA) is 29.1 Å². The summed E-state index contributed by atoms with van der Waals surface area (Å²) in [6, 6.07) is 5.57. The third-order valence-electron chi connectivity index (χ3n) is 4.45. The molecule has 2 aromatic rings. The number of halogens is 10. The van der Waals surface area contributed by atoms with Crippen LogP contribution in [-0.2, 0) is 0 Å². The lowest BCUT2D eigenvalue weighted by atomic mass is 9.97. The first-order valence-corrected chi connectivity index (χ1v) is 12.4. The lowest BCUT2D eigenvalue weighted by molar-refractivity contribution is -0.139. The predicted molar refractivity (Wildman–Crippen MR) is 131 cm³/mol. The van der Waals surface area contributed by atoms with Crippen molar-refractivity contribution in [2.24, 2.45) is 0 Å². The first-order chi connectivity index (χ1) is 16.1. The van der Waals surface area contributed by atoms with Crippen molar-refractivity contribution in [3.8, 4) is 0 Å². The van der Waals surface area contributed by atoms with Crippen LogP contribution in [0.1, 0.15) is 34.3 Å². The van der Waals surface area contributed by atoms with Crippen molar-refractivity contribution in [2.75, 3.05) is 11.5 Å². The second kappa shape index (κ2) is 12.3. The molecule has 2 nitrogen and oxygen atoms in total. The Hall–Kier alpha value is -1.26. The average Bonchev–Trinajstić information content (AvgIpc) is 2.70. The maximum atomic E-state index is 13.7. The summed E-state index contributed by atoms with van der Waals surface area (Å²) in [5.74, 6) is -3.68. The number of benzene rings is 2. The summed E-state index contributed by atoms with van der Waals surface area (Å²) in [6.07, 6.45) is -6.90. The number of carbonyl (C=O) groups excluding carboxylic acids is 1. The molecule has 1 amide bonds. The third-order valence-corrected chi connectivity index (χ3v) is 7.22. The number of allylic oxidation sites excluding steroid dienone is 1. The lowest BCUT2D eigenvalue weighted by Crippen LogP contribution is -2.34. The van der Waals surface area contributed by atoms with E-state index in [4.69, 9.17) is 46.4 Å². The summed E-state index contributed by atoms with van der Waals surface area (Å²) in [7, 11) is 0. The van der Waals surface area contributed by atoms with Crippen molar-refractivity contribution in [3.63, 3.8) is 0 Å². The predicted octanol–water partition coefficient (Wildman–Crippen LogP) is 9.07. The Balaban J connectivity index is 2.16. The minimum Gasteiger partial charge on any atom is -0.349 e. The van der Waals surface area contributed by atoms with Gasteiger partial charge < -0.3 is 5.32 Å². The second-order valence-electron chi connectivity index (χ2n) is 7.42. The molecular formula is C22H17Cl4F6NOS. The van der Waals surface area contributed by atoms with Gasteiger partial charge in [-0.2, -0.15) is 38.1 Å². The molecule has 2 unspecified atom stereocenters. The molecule has 0 aliphatic carbocycles. The van der Waals surface area contributed by atoms with Crippen LogP contribution in [0.25, 0.3) is 6.08 Å². The van der Waals surface area contributed by atoms with Gasteiger partial charge in [0.1, 0.15) is 0 Å². The van der Waals surface area contributed by atoms with Gasteiger partial charge in [-0.1, -0.05) is 64.6 Å². The Labute approximate surface area is 221 Å². The lowest BCUT2D eigenvalue weighted by Gasteiger charge is -2.18. The van der Waals surface area contributed by atoms with E-state index in [1.54, 1.807) is 6.92 Å². The first kappa shape index (κ1) is 30.0. The zero-order valence-electron chi connectivity index (χ0n) is 17.7. The van der Waals surface area contributed by atoms with E-state index in [1.165, 1.54) is 24.3 Å². The number of rotatable bonds is 8. The van der Waals surface area contributed by atoms with Crippen LogP contribution >= 0.6 is 58.2 Å². The van der Waals surface area contributed by atoms with Crippen LogP contribution in [0.4, 0.5) is 26.3 Å². The van der Waals surface area contributed by atoms with E-state index in [1.807, 2.05) is 0 Å². The van der Waals surface area contributed by atoms with E-state index in [0.29, 0.717) is 11.8 Å². The molecule has 2 rings (SSSR count). The molecule has 192 valence electrons. The summed E-state index contributed by atoms with van der Waals surface area (Å²) in [5, 5.41) is 2.19. The summed E-state index contributed by atoms with van der Waals surface area (Å²) < 4.78 is 77.8. The molecule has 1 N–H and O–H groups in total. The van der Waals surface area contributed by atoms with E-state index in [9.17, 15) is 31.1 Å². The third kappa shape index (κ3) is 9.28. The maximum absolute atomic E-state index is 13.7. The van der Waals surface area contributed by atoms with Crippen molar-refractivity contribution in [1.29, 1.82) is 0 Å². The Morgan fingerprint density at radius 2 is 1.60 bits per heavy atom. The van der Waals surface area contributed by atoms with E-state index in [2.05, 4.69) is 5.32 Å². The molecule has 0 bridgehead atoms. The standard InChI is InChI=1S/C22H17Cl4F6NOS/c1-11(9-35-10-21(27,28)29)33-20(34)14-4-2-12(6-16(14)23)3-5-15(22(30,31)32)13-7-17(24)19(26)18(25)8-13/h2-8,11,15H,9-10H2,1H3,(H,33,34)/b5-3+. The van der Waals surface area contributed by atoms with Crippen molar-refractivity contribution in [2.45, 2.75) is 31.2 Å². The number of hydrogen-bond donors (Lipinski definition) is 1. The van der Waals surface area contributed by atoms with Gasteiger partial charge in [0.2, 0.25) is 0 Å². The summed E-state index contributed by atoms with van der Waals surface area (Å²) >= 11 is 24.3. The fourth-order valence-corrected chi connectivity index (χ4v) is 4.56. The highest BCUT2D eigenvalue weighted by atomic mass is 35.5. The summed E-state index contributed by atoms with van der Waals surface area (Å²) in [4.78, 5) is 12.4. The molecule has 0 heterocycles. The van der Waals surface area contributed by atoms with Crippen LogP contribution in [0.2, 0.25) is 20.1 Å². The van der Waals surface area contributed by atoms with Gasteiger partial charge in [-0.15, -0.1) is 0 Å². The minimum atomic E-state index is -4.67. The Morgan fingerprint density at radius 3 is 2.11 bits per heavy atom. The molecule has 0 spiro atoms.